The van der Waals surface area contributed by atoms with Crippen LogP contribution in [0.15, 0.2) is 66.7 Å². The third kappa shape index (κ3) is 3.86. The molecular weight excluding hydrogens is 392 g/mol. The van der Waals surface area contributed by atoms with Gasteiger partial charge in [-0.25, -0.2) is 9.78 Å². The van der Waals surface area contributed by atoms with Crippen LogP contribution in [-0.4, -0.2) is 27.4 Å². The molecule has 0 fully saturated rings. The highest BCUT2D eigenvalue weighted by molar-refractivity contribution is 5.98. The lowest BCUT2D eigenvalue weighted by Gasteiger charge is -2.09. The Hall–Kier alpha value is -4.46. The van der Waals surface area contributed by atoms with Crippen molar-refractivity contribution in [2.24, 2.45) is 11.5 Å². The summed E-state index contributed by atoms with van der Waals surface area (Å²) < 4.78 is 1.39. The Kier molecular flexibility index (Phi) is 4.96. The maximum Gasteiger partial charge on any atom is 0.329 e. The second-order valence-electron chi connectivity index (χ2n) is 7.00. The van der Waals surface area contributed by atoms with Crippen LogP contribution in [0, 0.1) is 10.8 Å². The van der Waals surface area contributed by atoms with E-state index >= 15 is 0 Å². The van der Waals surface area contributed by atoms with E-state index in [1.54, 1.807) is 30.3 Å². The third-order valence-electron chi connectivity index (χ3n) is 4.79. The summed E-state index contributed by atoms with van der Waals surface area (Å²) in [4.78, 5) is 21.8. The summed E-state index contributed by atoms with van der Waals surface area (Å²) in [6, 6.07) is 20.1. The summed E-state index contributed by atoms with van der Waals surface area (Å²) in [5, 5.41) is 15.2. The monoisotopic (exact) mass is 412 g/mol. The second-order valence-corrected chi connectivity index (χ2v) is 7.00. The number of nitrogens with one attached hydrogen (secondary N) is 2. The van der Waals surface area contributed by atoms with Crippen LogP contribution < -0.4 is 16.3 Å². The predicted octanol–water partition coefficient (Wildman–Crippen LogP) is 2.91. The fourth-order valence-corrected chi connectivity index (χ4v) is 3.31. The molecule has 4 aromatic rings. The molecule has 0 aliphatic rings. The van der Waals surface area contributed by atoms with Crippen molar-refractivity contribution < 1.29 is 9.63 Å². The summed E-state index contributed by atoms with van der Waals surface area (Å²) in [5.41, 5.74) is 16.1. The fourth-order valence-electron chi connectivity index (χ4n) is 3.31. The highest BCUT2D eigenvalue weighted by atomic mass is 16.7. The number of hydrogen-bond donors (Lipinski definition) is 4. The van der Waals surface area contributed by atoms with Crippen LogP contribution in [0.2, 0.25) is 0 Å². The number of carbonyl (C=O) groups excluding carboxylic acids is 1. The lowest BCUT2D eigenvalue weighted by Crippen LogP contribution is -2.17. The summed E-state index contributed by atoms with van der Waals surface area (Å²) in [7, 11) is 0. The van der Waals surface area contributed by atoms with Gasteiger partial charge in [0.2, 0.25) is 0 Å². The highest BCUT2D eigenvalue weighted by Crippen LogP contribution is 2.29. The van der Waals surface area contributed by atoms with Crippen molar-refractivity contribution in [1.82, 2.24) is 9.71 Å². The van der Waals surface area contributed by atoms with Gasteiger partial charge >= 0.3 is 5.97 Å². The molecule has 1 heterocycles. The maximum absolute atomic E-state index is 11.7. The number of nitrogens with two attached hydrogens (primary N) is 2. The highest BCUT2D eigenvalue weighted by Gasteiger charge is 2.17. The van der Waals surface area contributed by atoms with Crippen molar-refractivity contribution in [2.75, 3.05) is 0 Å². The molecular formula is C23H20N6O2. The fraction of sp³-hybridized carbons (Fsp3) is 0.0435. The van der Waals surface area contributed by atoms with E-state index in [0.717, 1.165) is 16.7 Å². The lowest BCUT2D eigenvalue weighted by molar-refractivity contribution is -0.140. The smallest absolute Gasteiger partial charge is 0.329 e. The van der Waals surface area contributed by atoms with E-state index in [1.807, 2.05) is 36.4 Å². The zero-order chi connectivity index (χ0) is 22.1. The number of fused-ring (bicyclic) bond motifs is 1. The molecule has 8 nitrogen and oxygen atoms in total. The first-order valence-electron chi connectivity index (χ1n) is 9.44. The molecule has 0 amide bonds. The molecule has 8 heteroatoms. The van der Waals surface area contributed by atoms with E-state index in [4.69, 9.17) is 27.1 Å². The predicted molar refractivity (Wildman–Crippen MR) is 120 cm³/mol. The van der Waals surface area contributed by atoms with Crippen LogP contribution in [0.25, 0.3) is 33.5 Å². The minimum atomic E-state index is -0.479. The average Bonchev–Trinajstić information content (AvgIpc) is 3.11. The largest absolute Gasteiger partial charge is 0.384 e. The van der Waals surface area contributed by atoms with Crippen molar-refractivity contribution in [1.29, 1.82) is 10.8 Å². The Morgan fingerprint density at radius 2 is 1.52 bits per heavy atom. The molecule has 4 rings (SSSR count). The van der Waals surface area contributed by atoms with Gasteiger partial charge in [0, 0.05) is 23.6 Å². The van der Waals surface area contributed by atoms with Crippen LogP contribution >= 0.6 is 0 Å². The SMILES string of the molecule is CC(=O)On1c(-c2cccc(-c3ccc(C(=N)N)cc3)c2)nc2cc(C(=N)N)ccc21. The molecule has 0 radical (unpaired) electrons. The third-order valence-corrected chi connectivity index (χ3v) is 4.79. The molecule has 31 heavy (non-hydrogen) atoms. The van der Waals surface area contributed by atoms with Gasteiger partial charge in [-0.3, -0.25) is 10.8 Å². The van der Waals surface area contributed by atoms with E-state index in [0.29, 0.717) is 28.0 Å². The van der Waals surface area contributed by atoms with Crippen molar-refractivity contribution in [3.05, 3.63) is 77.9 Å². The summed E-state index contributed by atoms with van der Waals surface area (Å²) >= 11 is 0. The Labute approximate surface area is 178 Å². The molecule has 6 N–H and O–H groups in total. The van der Waals surface area contributed by atoms with E-state index in [-0.39, 0.29) is 11.7 Å². The average molecular weight is 412 g/mol. The topological polar surface area (TPSA) is 144 Å². The van der Waals surface area contributed by atoms with Crippen LogP contribution in [0.3, 0.4) is 0 Å². The first-order chi connectivity index (χ1) is 14.8. The van der Waals surface area contributed by atoms with E-state index in [2.05, 4.69) is 4.98 Å². The first kappa shape index (κ1) is 19.8. The summed E-state index contributed by atoms with van der Waals surface area (Å²) in [6.07, 6.45) is 0. The summed E-state index contributed by atoms with van der Waals surface area (Å²) in [6.45, 7) is 1.33. The van der Waals surface area contributed by atoms with Crippen molar-refractivity contribution in [2.45, 2.75) is 6.92 Å². The molecule has 0 aliphatic carbocycles. The quantitative estimate of drug-likeness (QED) is 0.294. The van der Waals surface area contributed by atoms with E-state index in [1.165, 1.54) is 11.7 Å². The molecule has 0 saturated heterocycles. The minimum absolute atomic E-state index is 0.0142. The minimum Gasteiger partial charge on any atom is -0.384 e. The van der Waals surface area contributed by atoms with Gasteiger partial charge in [0.15, 0.2) is 5.82 Å². The second kappa shape index (κ2) is 7.75. The van der Waals surface area contributed by atoms with Gasteiger partial charge in [-0.05, 0) is 35.4 Å². The van der Waals surface area contributed by atoms with Crippen LogP contribution in [0.5, 0.6) is 0 Å². The molecule has 0 saturated carbocycles. The molecule has 0 atom stereocenters. The molecule has 154 valence electrons. The molecule has 3 aromatic carbocycles. The zero-order valence-electron chi connectivity index (χ0n) is 16.7. The molecule has 1 aromatic heterocycles. The van der Waals surface area contributed by atoms with Crippen LogP contribution in [0.4, 0.5) is 0 Å². The van der Waals surface area contributed by atoms with Crippen LogP contribution in [-0.2, 0) is 4.79 Å². The number of nitrogens with zero attached hydrogens (tertiary/aromatic N) is 2. The number of imidazole rings is 1. The lowest BCUT2D eigenvalue weighted by atomic mass is 10.0. The number of aromatic nitrogens is 2. The number of benzene rings is 3. The van der Waals surface area contributed by atoms with Gasteiger partial charge in [0.05, 0.1) is 5.52 Å². The van der Waals surface area contributed by atoms with E-state index in [9.17, 15) is 4.79 Å². The van der Waals surface area contributed by atoms with Gasteiger partial charge in [-0.1, -0.05) is 42.5 Å². The first-order valence-corrected chi connectivity index (χ1v) is 9.44. The Morgan fingerprint density at radius 3 is 2.16 bits per heavy atom. The number of carbonyl (C=O) groups is 1. The number of amidine groups is 2. The van der Waals surface area contributed by atoms with Gasteiger partial charge in [-0.2, -0.15) is 4.73 Å². The number of hydrogen-bond acceptors (Lipinski definition) is 5. The Balaban J connectivity index is 1.84. The number of rotatable bonds is 5. The zero-order valence-corrected chi connectivity index (χ0v) is 16.7. The molecule has 0 bridgehead atoms. The van der Waals surface area contributed by atoms with Crippen LogP contribution in [0.1, 0.15) is 18.1 Å². The normalized spacial score (nSPS) is 10.7. The maximum atomic E-state index is 11.7. The Morgan fingerprint density at radius 1 is 0.871 bits per heavy atom. The Bertz CT molecular complexity index is 1340. The summed E-state index contributed by atoms with van der Waals surface area (Å²) in [5.74, 6) is -0.0814. The molecule has 0 unspecified atom stereocenters. The van der Waals surface area contributed by atoms with Crippen molar-refractivity contribution in [3.8, 4) is 22.5 Å². The van der Waals surface area contributed by atoms with Gasteiger partial charge in [-0.15, -0.1) is 0 Å². The van der Waals surface area contributed by atoms with E-state index < -0.39 is 5.97 Å². The van der Waals surface area contributed by atoms with Gasteiger partial charge in [0.25, 0.3) is 0 Å². The van der Waals surface area contributed by atoms with Crippen molar-refractivity contribution >= 4 is 28.7 Å². The van der Waals surface area contributed by atoms with Gasteiger partial charge < -0.3 is 16.3 Å². The van der Waals surface area contributed by atoms with Gasteiger partial charge in [0.1, 0.15) is 17.2 Å². The standard InChI is InChI=1S/C23H20N6O2/c1-13(30)31-29-20-10-9-17(22(26)27)12-19(20)28-23(29)18-4-2-3-16(11-18)14-5-7-15(8-6-14)21(24)25/h2-12H,1H3,(H3,24,25)(H3,26,27). The number of nitrogen functional groups attached to an aromatic ring is 2. The molecule has 0 aliphatic heterocycles. The van der Waals surface area contributed by atoms with Crippen molar-refractivity contribution in [3.63, 3.8) is 0 Å². The molecule has 0 spiro atoms.